The summed E-state index contributed by atoms with van der Waals surface area (Å²) in [6.07, 6.45) is 11.0. The molecule has 0 unspecified atom stereocenters. The van der Waals surface area contributed by atoms with E-state index in [1.165, 1.54) is 32.1 Å². The van der Waals surface area contributed by atoms with E-state index in [2.05, 4.69) is 48.1 Å². The molecule has 108 valence electrons. The van der Waals surface area contributed by atoms with Gasteiger partial charge < -0.3 is 9.88 Å². The number of aryl methyl sites for hydroxylation is 1. The zero-order valence-electron chi connectivity index (χ0n) is 12.7. The molecule has 0 spiro atoms. The van der Waals surface area contributed by atoms with E-state index in [0.717, 1.165) is 18.2 Å². The number of hydrogen-bond donors (Lipinski definition) is 1. The van der Waals surface area contributed by atoms with E-state index in [1.807, 2.05) is 11.8 Å². The minimum Gasteiger partial charge on any atom is -0.353 e. The minimum absolute atomic E-state index is 0.246. The van der Waals surface area contributed by atoms with E-state index in [9.17, 15) is 0 Å². The number of hydrogen-bond acceptors (Lipinski definition) is 3. The Morgan fingerprint density at radius 1 is 1.37 bits per heavy atom. The average Bonchev–Trinajstić information content (AvgIpc) is 2.70. The van der Waals surface area contributed by atoms with Crippen LogP contribution in [0.25, 0.3) is 0 Å². The standard InChI is InChI=1S/C15H27N3S/c1-12-10-18(11-15(2,3)19-4)14(16-12)17-13-8-6-5-7-9-13/h10,13H,5-9,11H2,1-4H3,(H,16,17). The molecule has 3 nitrogen and oxygen atoms in total. The molecule has 0 amide bonds. The smallest absolute Gasteiger partial charge is 0.203 e. The maximum Gasteiger partial charge on any atom is 0.203 e. The third kappa shape index (κ3) is 4.16. The molecule has 0 bridgehead atoms. The van der Waals surface area contributed by atoms with Crippen molar-refractivity contribution in [1.82, 2.24) is 9.55 Å². The van der Waals surface area contributed by atoms with Crippen molar-refractivity contribution >= 4 is 17.7 Å². The fraction of sp³-hybridized carbons (Fsp3) is 0.800. The molecule has 0 saturated heterocycles. The van der Waals surface area contributed by atoms with Crippen LogP contribution in [0.2, 0.25) is 0 Å². The molecule has 19 heavy (non-hydrogen) atoms. The molecule has 1 aromatic heterocycles. The van der Waals surface area contributed by atoms with Crippen molar-refractivity contribution in [3.8, 4) is 0 Å². The lowest BCUT2D eigenvalue weighted by Crippen LogP contribution is -2.27. The van der Waals surface area contributed by atoms with Crippen molar-refractivity contribution in [2.24, 2.45) is 0 Å². The quantitative estimate of drug-likeness (QED) is 0.882. The highest BCUT2D eigenvalue weighted by molar-refractivity contribution is 7.99. The summed E-state index contributed by atoms with van der Waals surface area (Å²) in [5.74, 6) is 1.06. The summed E-state index contributed by atoms with van der Waals surface area (Å²) in [7, 11) is 0. The second-order valence-corrected chi connectivity index (χ2v) is 7.79. The van der Waals surface area contributed by atoms with Crippen LogP contribution in [-0.2, 0) is 6.54 Å². The Balaban J connectivity index is 2.07. The lowest BCUT2D eigenvalue weighted by molar-refractivity contribution is 0.457. The number of nitrogens with one attached hydrogen (secondary N) is 1. The van der Waals surface area contributed by atoms with Gasteiger partial charge in [-0.3, -0.25) is 0 Å². The minimum atomic E-state index is 0.246. The second kappa shape index (κ2) is 6.21. The molecule has 1 N–H and O–H groups in total. The molecule has 1 saturated carbocycles. The average molecular weight is 281 g/mol. The maximum absolute atomic E-state index is 4.67. The summed E-state index contributed by atoms with van der Waals surface area (Å²) in [6, 6.07) is 0.617. The molecule has 0 aromatic carbocycles. The number of imidazole rings is 1. The van der Waals surface area contributed by atoms with Crippen molar-refractivity contribution in [3.05, 3.63) is 11.9 Å². The first-order valence-electron chi connectivity index (χ1n) is 7.36. The molecule has 2 rings (SSSR count). The maximum atomic E-state index is 4.67. The lowest BCUT2D eigenvalue weighted by Gasteiger charge is -2.26. The van der Waals surface area contributed by atoms with Gasteiger partial charge in [0.25, 0.3) is 0 Å². The van der Waals surface area contributed by atoms with Gasteiger partial charge in [0.1, 0.15) is 0 Å². The molecule has 1 aliphatic rings. The van der Waals surface area contributed by atoms with E-state index in [4.69, 9.17) is 0 Å². The van der Waals surface area contributed by atoms with Crippen LogP contribution in [0.15, 0.2) is 6.20 Å². The molecule has 0 aliphatic heterocycles. The Labute approximate surface area is 121 Å². The molecule has 1 fully saturated rings. The molecular weight excluding hydrogens is 254 g/mol. The molecule has 0 radical (unpaired) electrons. The molecule has 1 aliphatic carbocycles. The van der Waals surface area contributed by atoms with Crippen LogP contribution in [0.3, 0.4) is 0 Å². The first-order valence-corrected chi connectivity index (χ1v) is 8.58. The summed E-state index contributed by atoms with van der Waals surface area (Å²) in [5, 5.41) is 3.66. The van der Waals surface area contributed by atoms with Crippen molar-refractivity contribution < 1.29 is 0 Å². The van der Waals surface area contributed by atoms with Gasteiger partial charge in [-0.15, -0.1) is 0 Å². The van der Waals surface area contributed by atoms with E-state index >= 15 is 0 Å². The zero-order valence-corrected chi connectivity index (χ0v) is 13.5. The van der Waals surface area contributed by atoms with E-state index in [0.29, 0.717) is 6.04 Å². The van der Waals surface area contributed by atoms with Crippen LogP contribution in [0.4, 0.5) is 5.95 Å². The van der Waals surface area contributed by atoms with Gasteiger partial charge in [0.05, 0.1) is 5.69 Å². The molecule has 1 heterocycles. The van der Waals surface area contributed by atoms with Crippen molar-refractivity contribution in [3.63, 3.8) is 0 Å². The summed E-state index contributed by atoms with van der Waals surface area (Å²) in [5.41, 5.74) is 1.11. The van der Waals surface area contributed by atoms with Crippen LogP contribution in [0.5, 0.6) is 0 Å². The zero-order chi connectivity index (χ0) is 13.9. The second-order valence-electron chi connectivity index (χ2n) is 6.28. The summed E-state index contributed by atoms with van der Waals surface area (Å²) in [4.78, 5) is 4.67. The molecule has 0 atom stereocenters. The van der Waals surface area contributed by atoms with E-state index in [-0.39, 0.29) is 4.75 Å². The first-order chi connectivity index (χ1) is 9.00. The van der Waals surface area contributed by atoms with Crippen LogP contribution in [0.1, 0.15) is 51.6 Å². The Morgan fingerprint density at radius 3 is 2.68 bits per heavy atom. The van der Waals surface area contributed by atoms with Crippen molar-refractivity contribution in [2.45, 2.75) is 70.2 Å². The van der Waals surface area contributed by atoms with Crippen molar-refractivity contribution in [1.29, 1.82) is 0 Å². The van der Waals surface area contributed by atoms with E-state index < -0.39 is 0 Å². The first kappa shape index (κ1) is 14.8. The van der Waals surface area contributed by atoms with Crippen LogP contribution in [0, 0.1) is 6.92 Å². The lowest BCUT2D eigenvalue weighted by atomic mass is 9.96. The summed E-state index contributed by atoms with van der Waals surface area (Å²) in [6.45, 7) is 7.66. The molecular formula is C15H27N3S. The van der Waals surface area contributed by atoms with E-state index in [1.54, 1.807) is 0 Å². The highest BCUT2D eigenvalue weighted by Gasteiger charge is 2.21. The third-order valence-corrected chi connectivity index (χ3v) is 5.17. The topological polar surface area (TPSA) is 29.9 Å². The molecule has 4 heteroatoms. The highest BCUT2D eigenvalue weighted by Crippen LogP contribution is 2.27. The summed E-state index contributed by atoms with van der Waals surface area (Å²) < 4.78 is 2.54. The number of rotatable bonds is 5. The van der Waals surface area contributed by atoms with Crippen LogP contribution >= 0.6 is 11.8 Å². The fourth-order valence-electron chi connectivity index (χ4n) is 2.69. The summed E-state index contributed by atoms with van der Waals surface area (Å²) >= 11 is 1.91. The Morgan fingerprint density at radius 2 is 2.05 bits per heavy atom. The Kier molecular flexibility index (Phi) is 4.82. The Hall–Kier alpha value is -0.640. The van der Waals surface area contributed by atoms with Gasteiger partial charge in [-0.05, 0) is 39.9 Å². The highest BCUT2D eigenvalue weighted by atomic mass is 32.2. The third-order valence-electron chi connectivity index (χ3n) is 3.94. The number of thioether (sulfide) groups is 1. The van der Waals surface area contributed by atoms with Gasteiger partial charge >= 0.3 is 0 Å². The van der Waals surface area contributed by atoms with Gasteiger partial charge in [-0.25, -0.2) is 4.98 Å². The number of nitrogens with zero attached hydrogens (tertiary/aromatic N) is 2. The van der Waals surface area contributed by atoms with Crippen LogP contribution < -0.4 is 5.32 Å². The normalized spacial score (nSPS) is 17.7. The predicted octanol–water partition coefficient (Wildman–Crippen LogP) is 4.08. The largest absolute Gasteiger partial charge is 0.353 e. The SMILES string of the molecule is CSC(C)(C)Cn1cc(C)nc1NC1CCCCC1. The predicted molar refractivity (Wildman–Crippen MR) is 85.1 cm³/mol. The van der Waals surface area contributed by atoms with Gasteiger partial charge in [-0.1, -0.05) is 19.3 Å². The van der Waals surface area contributed by atoms with Crippen LogP contribution in [-0.4, -0.2) is 26.6 Å². The van der Waals surface area contributed by atoms with Gasteiger partial charge in [-0.2, -0.15) is 11.8 Å². The van der Waals surface area contributed by atoms with Gasteiger partial charge in [0, 0.05) is 23.5 Å². The van der Waals surface area contributed by atoms with Gasteiger partial charge in [0.15, 0.2) is 0 Å². The number of anilines is 1. The van der Waals surface area contributed by atoms with Crippen molar-refractivity contribution in [2.75, 3.05) is 11.6 Å². The monoisotopic (exact) mass is 281 g/mol. The molecule has 1 aromatic rings. The van der Waals surface area contributed by atoms with Gasteiger partial charge in [0.2, 0.25) is 5.95 Å². The number of aromatic nitrogens is 2. The fourth-order valence-corrected chi connectivity index (χ4v) is 2.95. The Bertz CT molecular complexity index is 406.